The molecule has 1 heterocycles. The highest BCUT2D eigenvalue weighted by Crippen LogP contribution is 2.17. The third kappa shape index (κ3) is 4.62. The van der Waals surface area contributed by atoms with Crippen molar-refractivity contribution in [2.24, 2.45) is 0 Å². The Morgan fingerprint density at radius 1 is 1.16 bits per heavy atom. The molecular weight excluding hydrogens is 330 g/mol. The summed E-state index contributed by atoms with van der Waals surface area (Å²) in [6.45, 7) is 0.0426. The maximum atomic E-state index is 13.2. The van der Waals surface area contributed by atoms with Crippen molar-refractivity contribution in [3.63, 3.8) is 0 Å². The molecule has 2 amide bonds. The molecule has 132 valence electrons. The number of hydrogen-bond acceptors (Lipinski definition) is 3. The lowest BCUT2D eigenvalue weighted by Gasteiger charge is -2.11. The summed E-state index contributed by atoms with van der Waals surface area (Å²) in [6, 6.07) is 2.80. The zero-order valence-electron chi connectivity index (χ0n) is 13.5. The minimum atomic E-state index is -0.829. The van der Waals surface area contributed by atoms with Gasteiger partial charge in [0.05, 0.1) is 11.9 Å². The van der Waals surface area contributed by atoms with E-state index in [1.165, 1.54) is 17.1 Å². The number of rotatable bonds is 5. The predicted octanol–water partition coefficient (Wildman–Crippen LogP) is 2.47. The minimum absolute atomic E-state index is 0.0426. The number of hydrogen-bond donors (Lipinski definition) is 2. The molecule has 8 heteroatoms. The molecule has 0 radical (unpaired) electrons. The second-order valence-corrected chi connectivity index (χ2v) is 6.09. The summed E-state index contributed by atoms with van der Waals surface area (Å²) in [5.41, 5.74) is 0.201. The highest BCUT2D eigenvalue weighted by molar-refractivity contribution is 6.04. The molecule has 1 aliphatic rings. The van der Waals surface area contributed by atoms with Crippen molar-refractivity contribution in [1.82, 2.24) is 15.1 Å². The van der Waals surface area contributed by atoms with Gasteiger partial charge < -0.3 is 10.6 Å². The van der Waals surface area contributed by atoms with Gasteiger partial charge in [-0.15, -0.1) is 0 Å². The van der Waals surface area contributed by atoms with E-state index in [1.807, 2.05) is 0 Å². The molecule has 0 unspecified atom stereocenters. The monoisotopic (exact) mass is 348 g/mol. The number of amides is 2. The first-order valence-electron chi connectivity index (χ1n) is 8.09. The fourth-order valence-electron chi connectivity index (χ4n) is 2.89. The van der Waals surface area contributed by atoms with E-state index in [0.717, 1.165) is 37.8 Å². The molecule has 1 saturated carbocycles. The molecule has 0 saturated heterocycles. The molecule has 1 aliphatic carbocycles. The van der Waals surface area contributed by atoms with Gasteiger partial charge in [0.25, 0.3) is 5.91 Å². The first-order valence-corrected chi connectivity index (χ1v) is 8.09. The number of benzene rings is 1. The summed E-state index contributed by atoms with van der Waals surface area (Å²) in [7, 11) is 0. The lowest BCUT2D eigenvalue weighted by molar-refractivity contribution is -0.122. The Morgan fingerprint density at radius 3 is 2.52 bits per heavy atom. The van der Waals surface area contributed by atoms with Crippen molar-refractivity contribution < 1.29 is 18.4 Å². The van der Waals surface area contributed by atoms with Crippen LogP contribution in [0.5, 0.6) is 0 Å². The minimum Gasteiger partial charge on any atom is -0.352 e. The van der Waals surface area contributed by atoms with Gasteiger partial charge in [0.1, 0.15) is 18.2 Å². The van der Waals surface area contributed by atoms with Gasteiger partial charge in [0, 0.05) is 23.9 Å². The first-order chi connectivity index (χ1) is 12.0. The van der Waals surface area contributed by atoms with Gasteiger partial charge in [-0.3, -0.25) is 14.3 Å². The number of anilines is 1. The average Bonchev–Trinajstić information content (AvgIpc) is 3.18. The van der Waals surface area contributed by atoms with Crippen LogP contribution >= 0.6 is 0 Å². The average molecular weight is 348 g/mol. The van der Waals surface area contributed by atoms with E-state index in [0.29, 0.717) is 11.8 Å². The van der Waals surface area contributed by atoms with E-state index >= 15 is 0 Å². The highest BCUT2D eigenvalue weighted by atomic mass is 19.1. The quantitative estimate of drug-likeness (QED) is 0.872. The fraction of sp³-hybridized carbons (Fsp3) is 0.353. The molecule has 2 aromatic rings. The van der Waals surface area contributed by atoms with Gasteiger partial charge in [0.15, 0.2) is 0 Å². The standard InChI is InChI=1S/C17H18F2N4O2/c18-12-5-11(6-13(19)7-12)17(25)22-15-8-20-23(9-15)10-16(24)21-14-3-1-2-4-14/h5-9,14H,1-4,10H2,(H,21,24)(H,22,25). The molecular formula is C17H18F2N4O2. The summed E-state index contributed by atoms with van der Waals surface area (Å²) in [5.74, 6) is -2.46. The summed E-state index contributed by atoms with van der Waals surface area (Å²) in [5, 5.41) is 9.44. The van der Waals surface area contributed by atoms with E-state index < -0.39 is 17.5 Å². The summed E-state index contributed by atoms with van der Waals surface area (Å²) in [4.78, 5) is 24.0. The molecule has 3 rings (SSSR count). The van der Waals surface area contributed by atoms with Crippen molar-refractivity contribution in [3.8, 4) is 0 Å². The maximum absolute atomic E-state index is 13.2. The third-order valence-corrected chi connectivity index (χ3v) is 4.04. The number of nitrogens with one attached hydrogen (secondary N) is 2. The number of nitrogens with zero attached hydrogens (tertiary/aromatic N) is 2. The van der Waals surface area contributed by atoms with Crippen LogP contribution in [0.2, 0.25) is 0 Å². The van der Waals surface area contributed by atoms with Crippen LogP contribution in [0.15, 0.2) is 30.6 Å². The first kappa shape index (κ1) is 17.1. The van der Waals surface area contributed by atoms with Crippen molar-refractivity contribution in [2.75, 3.05) is 5.32 Å². The molecule has 0 bridgehead atoms. The van der Waals surface area contributed by atoms with Crippen molar-refractivity contribution in [1.29, 1.82) is 0 Å². The van der Waals surface area contributed by atoms with Gasteiger partial charge in [-0.1, -0.05) is 12.8 Å². The van der Waals surface area contributed by atoms with Gasteiger partial charge >= 0.3 is 0 Å². The SMILES string of the molecule is O=C(Cn1cc(NC(=O)c2cc(F)cc(F)c2)cn1)NC1CCCC1. The molecule has 25 heavy (non-hydrogen) atoms. The van der Waals surface area contributed by atoms with Crippen molar-refractivity contribution >= 4 is 17.5 Å². The number of halogens is 2. The fourth-order valence-corrected chi connectivity index (χ4v) is 2.89. The Morgan fingerprint density at radius 2 is 1.84 bits per heavy atom. The third-order valence-electron chi connectivity index (χ3n) is 4.04. The Balaban J connectivity index is 1.57. The Labute approximate surface area is 143 Å². The van der Waals surface area contributed by atoms with Crippen LogP contribution in [0, 0.1) is 11.6 Å². The normalized spacial score (nSPS) is 14.5. The zero-order valence-corrected chi connectivity index (χ0v) is 13.5. The van der Waals surface area contributed by atoms with E-state index in [9.17, 15) is 18.4 Å². The predicted molar refractivity (Wildman–Crippen MR) is 86.9 cm³/mol. The number of carbonyl (C=O) groups excluding carboxylic acids is 2. The lowest BCUT2D eigenvalue weighted by Crippen LogP contribution is -2.35. The Hall–Kier alpha value is -2.77. The van der Waals surface area contributed by atoms with Gasteiger partial charge in [0.2, 0.25) is 5.91 Å². The molecule has 0 aliphatic heterocycles. The molecule has 0 spiro atoms. The van der Waals surface area contributed by atoms with Crippen LogP contribution in [-0.4, -0.2) is 27.6 Å². The molecule has 1 aromatic heterocycles. The van der Waals surface area contributed by atoms with Crippen LogP contribution in [0.4, 0.5) is 14.5 Å². The van der Waals surface area contributed by atoms with Gasteiger partial charge in [-0.25, -0.2) is 8.78 Å². The van der Waals surface area contributed by atoms with Crippen LogP contribution < -0.4 is 10.6 Å². The second-order valence-electron chi connectivity index (χ2n) is 6.09. The van der Waals surface area contributed by atoms with E-state index in [4.69, 9.17) is 0 Å². The molecule has 1 fully saturated rings. The van der Waals surface area contributed by atoms with Gasteiger partial charge in [-0.05, 0) is 25.0 Å². The van der Waals surface area contributed by atoms with E-state index in [2.05, 4.69) is 15.7 Å². The molecule has 0 atom stereocenters. The summed E-state index contributed by atoms with van der Waals surface area (Å²) in [6.07, 6.45) is 7.11. The maximum Gasteiger partial charge on any atom is 0.255 e. The van der Waals surface area contributed by atoms with E-state index in [1.54, 1.807) is 0 Å². The van der Waals surface area contributed by atoms with Crippen molar-refractivity contribution in [2.45, 2.75) is 38.3 Å². The summed E-state index contributed by atoms with van der Waals surface area (Å²) < 4.78 is 27.7. The largest absolute Gasteiger partial charge is 0.352 e. The topological polar surface area (TPSA) is 76.0 Å². The second kappa shape index (κ2) is 7.42. The van der Waals surface area contributed by atoms with Crippen LogP contribution in [-0.2, 0) is 11.3 Å². The van der Waals surface area contributed by atoms with Crippen LogP contribution in [0.1, 0.15) is 36.0 Å². The van der Waals surface area contributed by atoms with Crippen LogP contribution in [0.25, 0.3) is 0 Å². The Bertz CT molecular complexity index is 764. The Kier molecular flexibility index (Phi) is 5.06. The van der Waals surface area contributed by atoms with Gasteiger partial charge in [-0.2, -0.15) is 5.10 Å². The number of aromatic nitrogens is 2. The summed E-state index contributed by atoms with van der Waals surface area (Å²) >= 11 is 0. The zero-order chi connectivity index (χ0) is 17.8. The van der Waals surface area contributed by atoms with Crippen LogP contribution in [0.3, 0.4) is 0 Å². The lowest BCUT2D eigenvalue weighted by atomic mass is 10.2. The number of carbonyl (C=O) groups is 2. The molecule has 6 nitrogen and oxygen atoms in total. The smallest absolute Gasteiger partial charge is 0.255 e. The molecule has 2 N–H and O–H groups in total. The van der Waals surface area contributed by atoms with E-state index in [-0.39, 0.29) is 24.1 Å². The molecule has 1 aromatic carbocycles. The van der Waals surface area contributed by atoms with Crippen molar-refractivity contribution in [3.05, 3.63) is 47.8 Å². The highest BCUT2D eigenvalue weighted by Gasteiger charge is 2.17.